The van der Waals surface area contributed by atoms with E-state index >= 15 is 0 Å². The van der Waals surface area contributed by atoms with Gasteiger partial charge in [0.25, 0.3) is 0 Å². The van der Waals surface area contributed by atoms with E-state index in [0.29, 0.717) is 17.3 Å². The van der Waals surface area contributed by atoms with E-state index < -0.39 is 0 Å². The second-order valence-corrected chi connectivity index (χ2v) is 7.49. The number of hydrogen-bond acceptors (Lipinski definition) is 3. The van der Waals surface area contributed by atoms with E-state index in [1.807, 2.05) is 0 Å². The lowest BCUT2D eigenvalue weighted by Crippen LogP contribution is -2.28. The molecule has 0 saturated carbocycles. The summed E-state index contributed by atoms with van der Waals surface area (Å²) in [6.45, 7) is 11.7. The van der Waals surface area contributed by atoms with Crippen molar-refractivity contribution < 1.29 is 0 Å². The Morgan fingerprint density at radius 3 is 2.78 bits per heavy atom. The first kappa shape index (κ1) is 14.3. The zero-order valence-electron chi connectivity index (χ0n) is 11.7. The zero-order chi connectivity index (χ0) is 13.3. The Hall–Kier alpha value is -0.120. The Morgan fingerprint density at radius 2 is 2.28 bits per heavy atom. The molecule has 1 aliphatic rings. The van der Waals surface area contributed by atoms with Crippen molar-refractivity contribution in [3.63, 3.8) is 0 Å². The predicted octanol–water partition coefficient (Wildman–Crippen LogP) is 4.31. The van der Waals surface area contributed by atoms with Crippen molar-refractivity contribution in [3.8, 4) is 0 Å². The fraction of sp³-hybridized carbons (Fsp3) is 0.786. The minimum Gasteiger partial charge on any atom is -0.294 e. The number of halogens is 1. The summed E-state index contributed by atoms with van der Waals surface area (Å²) in [5, 5.41) is 3.29. The van der Waals surface area contributed by atoms with Crippen LogP contribution in [0.3, 0.4) is 0 Å². The first-order valence-corrected chi connectivity index (χ1v) is 8.07. The number of thiazole rings is 1. The first-order chi connectivity index (χ1) is 8.41. The van der Waals surface area contributed by atoms with Gasteiger partial charge in [0.1, 0.15) is 5.01 Å². The van der Waals surface area contributed by atoms with Crippen LogP contribution >= 0.6 is 22.9 Å². The third-order valence-electron chi connectivity index (χ3n) is 4.06. The minimum atomic E-state index is 0.415. The Bertz CT molecular complexity index is 397. The van der Waals surface area contributed by atoms with Crippen molar-refractivity contribution >= 4 is 22.9 Å². The summed E-state index contributed by atoms with van der Waals surface area (Å²) >= 11 is 7.56. The molecule has 1 fully saturated rings. The normalized spacial score (nSPS) is 23.5. The standard InChI is InChI=1S/C14H23ClN2S/c1-10(13-16-12(7-15)9-18-13)17-6-5-11(8-17)14(2,3)4/h9-11H,5-8H2,1-4H3. The van der Waals surface area contributed by atoms with Crippen LogP contribution in [-0.4, -0.2) is 23.0 Å². The van der Waals surface area contributed by atoms with Crippen LogP contribution in [0, 0.1) is 11.3 Å². The van der Waals surface area contributed by atoms with Crippen molar-refractivity contribution in [3.05, 3.63) is 16.1 Å². The van der Waals surface area contributed by atoms with Gasteiger partial charge in [-0.05, 0) is 31.2 Å². The van der Waals surface area contributed by atoms with Crippen LogP contribution < -0.4 is 0 Å². The average Bonchev–Trinajstić information content (AvgIpc) is 2.96. The number of alkyl halides is 1. The Morgan fingerprint density at radius 1 is 1.56 bits per heavy atom. The van der Waals surface area contributed by atoms with Crippen LogP contribution in [-0.2, 0) is 5.88 Å². The smallest absolute Gasteiger partial charge is 0.110 e. The van der Waals surface area contributed by atoms with Gasteiger partial charge in [0.15, 0.2) is 0 Å². The van der Waals surface area contributed by atoms with Crippen LogP contribution in [0.2, 0.25) is 0 Å². The molecule has 2 heterocycles. The van der Waals surface area contributed by atoms with Gasteiger partial charge in [-0.1, -0.05) is 20.8 Å². The van der Waals surface area contributed by atoms with Gasteiger partial charge < -0.3 is 0 Å². The van der Waals surface area contributed by atoms with E-state index in [9.17, 15) is 0 Å². The predicted molar refractivity (Wildman–Crippen MR) is 79.2 cm³/mol. The van der Waals surface area contributed by atoms with Crippen LogP contribution in [0.5, 0.6) is 0 Å². The summed E-state index contributed by atoms with van der Waals surface area (Å²) in [6.07, 6.45) is 1.31. The van der Waals surface area contributed by atoms with E-state index in [4.69, 9.17) is 11.6 Å². The van der Waals surface area contributed by atoms with Crippen molar-refractivity contribution in [1.29, 1.82) is 0 Å². The summed E-state index contributed by atoms with van der Waals surface area (Å²) in [6, 6.07) is 0.430. The molecule has 2 atom stereocenters. The lowest BCUT2D eigenvalue weighted by molar-refractivity contribution is 0.202. The summed E-state index contributed by atoms with van der Waals surface area (Å²) in [5.41, 5.74) is 1.42. The maximum Gasteiger partial charge on any atom is 0.110 e. The third-order valence-corrected chi connectivity index (χ3v) is 5.39. The van der Waals surface area contributed by atoms with Crippen molar-refractivity contribution in [2.45, 2.75) is 46.0 Å². The van der Waals surface area contributed by atoms with Crippen molar-refractivity contribution in [1.82, 2.24) is 9.88 Å². The maximum absolute atomic E-state index is 5.82. The zero-order valence-corrected chi connectivity index (χ0v) is 13.3. The SMILES string of the molecule is CC(c1nc(CCl)cs1)N1CCC(C(C)(C)C)C1. The van der Waals surface area contributed by atoms with Gasteiger partial charge in [0, 0.05) is 11.9 Å². The monoisotopic (exact) mass is 286 g/mol. The van der Waals surface area contributed by atoms with Gasteiger partial charge in [-0.2, -0.15) is 0 Å². The lowest BCUT2D eigenvalue weighted by atomic mass is 9.80. The Kier molecular flexibility index (Phi) is 4.35. The molecule has 1 aliphatic heterocycles. The number of aromatic nitrogens is 1. The van der Waals surface area contributed by atoms with Gasteiger partial charge in [-0.15, -0.1) is 22.9 Å². The van der Waals surface area contributed by atoms with Crippen molar-refractivity contribution in [2.75, 3.05) is 13.1 Å². The van der Waals surface area contributed by atoms with Crippen LogP contribution in [0.4, 0.5) is 0 Å². The molecule has 0 amide bonds. The molecule has 2 nitrogen and oxygen atoms in total. The van der Waals surface area contributed by atoms with Gasteiger partial charge in [-0.25, -0.2) is 4.98 Å². The summed E-state index contributed by atoms with van der Waals surface area (Å²) in [4.78, 5) is 7.17. The highest BCUT2D eigenvalue weighted by atomic mass is 35.5. The van der Waals surface area contributed by atoms with Gasteiger partial charge >= 0.3 is 0 Å². The molecular formula is C14H23ClN2S. The van der Waals surface area contributed by atoms with E-state index in [0.717, 1.165) is 11.6 Å². The lowest BCUT2D eigenvalue weighted by Gasteiger charge is -2.28. The molecule has 1 aromatic rings. The fourth-order valence-electron chi connectivity index (χ4n) is 2.58. The second kappa shape index (κ2) is 5.48. The summed E-state index contributed by atoms with van der Waals surface area (Å²) in [7, 11) is 0. The Labute approximate surface area is 119 Å². The molecule has 0 aliphatic carbocycles. The van der Waals surface area contributed by atoms with Crippen LogP contribution in [0.15, 0.2) is 5.38 Å². The van der Waals surface area contributed by atoms with Gasteiger partial charge in [-0.3, -0.25) is 4.90 Å². The topological polar surface area (TPSA) is 16.1 Å². The van der Waals surface area contributed by atoms with E-state index in [2.05, 4.69) is 43.0 Å². The molecule has 1 aromatic heterocycles. The number of likely N-dealkylation sites (tertiary alicyclic amines) is 1. The highest BCUT2D eigenvalue weighted by Crippen LogP contribution is 2.37. The number of nitrogens with zero attached hydrogens (tertiary/aromatic N) is 2. The fourth-order valence-corrected chi connectivity index (χ4v) is 3.72. The Balaban J connectivity index is 2.01. The molecule has 1 saturated heterocycles. The molecule has 2 rings (SSSR count). The molecule has 18 heavy (non-hydrogen) atoms. The molecular weight excluding hydrogens is 264 g/mol. The first-order valence-electron chi connectivity index (χ1n) is 6.66. The quantitative estimate of drug-likeness (QED) is 0.770. The highest BCUT2D eigenvalue weighted by Gasteiger charge is 2.34. The number of rotatable bonds is 3. The van der Waals surface area contributed by atoms with Gasteiger partial charge in [0.05, 0.1) is 17.6 Å². The van der Waals surface area contributed by atoms with Gasteiger partial charge in [0.2, 0.25) is 0 Å². The molecule has 0 N–H and O–H groups in total. The maximum atomic E-state index is 5.82. The van der Waals surface area contributed by atoms with E-state index in [1.54, 1.807) is 11.3 Å². The van der Waals surface area contributed by atoms with Crippen LogP contribution in [0.25, 0.3) is 0 Å². The summed E-state index contributed by atoms with van der Waals surface area (Å²) in [5.74, 6) is 1.32. The largest absolute Gasteiger partial charge is 0.294 e. The van der Waals surface area contributed by atoms with Crippen molar-refractivity contribution in [2.24, 2.45) is 11.3 Å². The van der Waals surface area contributed by atoms with Crippen LogP contribution in [0.1, 0.15) is 50.9 Å². The second-order valence-electron chi connectivity index (χ2n) is 6.33. The molecule has 4 heteroatoms. The third kappa shape index (κ3) is 3.06. The highest BCUT2D eigenvalue weighted by molar-refractivity contribution is 7.09. The minimum absolute atomic E-state index is 0.415. The molecule has 0 bridgehead atoms. The van der Waals surface area contributed by atoms with E-state index in [1.165, 1.54) is 24.5 Å². The molecule has 0 radical (unpaired) electrons. The number of hydrogen-bond donors (Lipinski definition) is 0. The average molecular weight is 287 g/mol. The van der Waals surface area contributed by atoms with E-state index in [-0.39, 0.29) is 0 Å². The molecule has 102 valence electrons. The summed E-state index contributed by atoms with van der Waals surface area (Å²) < 4.78 is 0. The molecule has 2 unspecified atom stereocenters. The molecule has 0 aromatic carbocycles. The molecule has 0 spiro atoms.